The van der Waals surface area contributed by atoms with Gasteiger partial charge < -0.3 is 9.47 Å². The molecule has 0 N–H and O–H groups in total. The summed E-state index contributed by atoms with van der Waals surface area (Å²) in [6.45, 7) is -0.0612. The number of cyclic esters (lactones) is 1. The smallest absolute Gasteiger partial charge is 0.363 e. The minimum absolute atomic E-state index is 0.0612. The summed E-state index contributed by atoms with van der Waals surface area (Å²) in [5.74, 6) is 0.153. The molecule has 0 saturated heterocycles. The zero-order chi connectivity index (χ0) is 22.7. The highest BCUT2D eigenvalue weighted by Gasteiger charge is 2.25. The Bertz CT molecular complexity index is 1250. The van der Waals surface area contributed by atoms with Gasteiger partial charge in [0, 0.05) is 5.56 Å². The van der Waals surface area contributed by atoms with Crippen molar-refractivity contribution in [3.63, 3.8) is 0 Å². The maximum absolute atomic E-state index is 12.3. The number of hydrogen-bond donors (Lipinski definition) is 0. The van der Waals surface area contributed by atoms with Crippen molar-refractivity contribution < 1.29 is 19.1 Å². The van der Waals surface area contributed by atoms with Crippen LogP contribution in [0.2, 0.25) is 5.02 Å². The third-order valence-corrected chi connectivity index (χ3v) is 6.42. The first-order valence-electron chi connectivity index (χ1n) is 9.40. The van der Waals surface area contributed by atoms with Crippen LogP contribution in [0.15, 0.2) is 77.4 Å². The number of rotatable bonds is 6. The molecule has 0 unspecified atom stereocenters. The van der Waals surface area contributed by atoms with Gasteiger partial charge in [0.2, 0.25) is 5.90 Å². The molecule has 3 aromatic carbocycles. The summed E-state index contributed by atoms with van der Waals surface area (Å²) in [5.41, 5.74) is 2.10. The van der Waals surface area contributed by atoms with Crippen LogP contribution < -0.4 is 4.74 Å². The zero-order valence-corrected chi connectivity index (χ0v) is 21.4. The summed E-state index contributed by atoms with van der Waals surface area (Å²) >= 11 is 10.5. The van der Waals surface area contributed by atoms with Crippen LogP contribution >= 0.6 is 56.8 Å². The maximum atomic E-state index is 12.3. The van der Waals surface area contributed by atoms with Crippen LogP contribution in [0.5, 0.6) is 5.75 Å². The number of ketones is 1. The molecule has 0 amide bonds. The van der Waals surface area contributed by atoms with E-state index in [2.05, 4.69) is 50.2 Å². The Kier molecular flexibility index (Phi) is 7.27. The first-order valence-corrected chi connectivity index (χ1v) is 11.9. The fourth-order valence-electron chi connectivity index (χ4n) is 2.96. The Morgan fingerprint density at radius 3 is 2.38 bits per heavy atom. The number of nitrogens with zero attached hydrogens (tertiary/aromatic N) is 1. The van der Waals surface area contributed by atoms with E-state index >= 15 is 0 Å². The van der Waals surface area contributed by atoms with E-state index in [1.165, 1.54) is 0 Å². The normalized spacial score (nSPS) is 14.3. The second kappa shape index (κ2) is 10.1. The van der Waals surface area contributed by atoms with Crippen LogP contribution in [0, 0.1) is 7.14 Å². The summed E-state index contributed by atoms with van der Waals surface area (Å²) in [6, 6.07) is 19.8. The van der Waals surface area contributed by atoms with Crippen molar-refractivity contribution in [1.29, 1.82) is 0 Å². The predicted octanol–water partition coefficient (Wildman–Crippen LogP) is 6.16. The number of halogens is 3. The van der Waals surface area contributed by atoms with Gasteiger partial charge in [0.1, 0.15) is 5.75 Å². The van der Waals surface area contributed by atoms with Crippen LogP contribution in [0.1, 0.15) is 21.5 Å². The lowest BCUT2D eigenvalue weighted by Gasteiger charge is -2.11. The zero-order valence-electron chi connectivity index (χ0n) is 16.3. The Balaban J connectivity index is 1.54. The first kappa shape index (κ1) is 22.9. The Hall–Kier alpha value is -2.24. The minimum Gasteiger partial charge on any atom is -0.483 e. The summed E-state index contributed by atoms with van der Waals surface area (Å²) in [7, 11) is 0. The number of ether oxygens (including phenoxy) is 2. The van der Waals surface area contributed by atoms with Gasteiger partial charge >= 0.3 is 5.97 Å². The van der Waals surface area contributed by atoms with Gasteiger partial charge in [0.15, 0.2) is 18.1 Å². The van der Waals surface area contributed by atoms with Gasteiger partial charge in [-0.3, -0.25) is 4.79 Å². The van der Waals surface area contributed by atoms with E-state index in [1.54, 1.807) is 42.5 Å². The largest absolute Gasteiger partial charge is 0.483 e. The topological polar surface area (TPSA) is 65.0 Å². The third kappa shape index (κ3) is 5.21. The number of hydrogen-bond acceptors (Lipinski definition) is 5. The monoisotopic (exact) mass is 669 g/mol. The SMILES string of the molecule is O=C1OC(c2ccccc2Cl)=N/C1=C\c1cc(I)c(OCC(=O)c2ccccc2)c(I)c1. The highest BCUT2D eigenvalue weighted by Crippen LogP contribution is 2.31. The Labute approximate surface area is 216 Å². The molecule has 8 heteroatoms. The van der Waals surface area contributed by atoms with Gasteiger partial charge in [-0.15, -0.1) is 0 Å². The number of esters is 1. The molecule has 0 atom stereocenters. The molecule has 0 saturated carbocycles. The van der Waals surface area contributed by atoms with Crippen LogP contribution in [0.25, 0.3) is 6.08 Å². The van der Waals surface area contributed by atoms with E-state index in [4.69, 9.17) is 21.1 Å². The average Bonchev–Trinajstić information content (AvgIpc) is 3.13. The first-order chi connectivity index (χ1) is 15.4. The molecule has 0 bridgehead atoms. The lowest BCUT2D eigenvalue weighted by Crippen LogP contribution is -2.12. The van der Waals surface area contributed by atoms with Crippen molar-refractivity contribution in [1.82, 2.24) is 0 Å². The summed E-state index contributed by atoms with van der Waals surface area (Å²) in [4.78, 5) is 29.0. The van der Waals surface area contributed by atoms with E-state index < -0.39 is 5.97 Å². The summed E-state index contributed by atoms with van der Waals surface area (Å²) in [5, 5.41) is 0.455. The van der Waals surface area contributed by atoms with Gasteiger partial charge in [-0.25, -0.2) is 9.79 Å². The quantitative estimate of drug-likeness (QED) is 0.137. The molecule has 0 spiro atoms. The van der Waals surface area contributed by atoms with Crippen molar-refractivity contribution in [3.8, 4) is 5.75 Å². The predicted molar refractivity (Wildman–Crippen MR) is 140 cm³/mol. The van der Waals surface area contributed by atoms with Gasteiger partial charge in [-0.2, -0.15) is 0 Å². The molecule has 1 aliphatic rings. The fourth-order valence-corrected chi connectivity index (χ4v) is 5.31. The molecule has 0 aromatic heterocycles. The molecule has 0 aliphatic carbocycles. The molecule has 5 nitrogen and oxygen atoms in total. The van der Waals surface area contributed by atoms with Crippen LogP contribution in [-0.4, -0.2) is 24.3 Å². The van der Waals surface area contributed by atoms with Crippen molar-refractivity contribution in [3.05, 3.63) is 101 Å². The van der Waals surface area contributed by atoms with Crippen molar-refractivity contribution in [2.24, 2.45) is 4.99 Å². The molecule has 1 heterocycles. The van der Waals surface area contributed by atoms with E-state index in [0.29, 0.717) is 21.9 Å². The van der Waals surface area contributed by atoms with E-state index in [-0.39, 0.29) is 24.0 Å². The van der Waals surface area contributed by atoms with Crippen LogP contribution in [0.3, 0.4) is 0 Å². The highest BCUT2D eigenvalue weighted by atomic mass is 127. The number of carbonyl (C=O) groups excluding carboxylic acids is 2. The van der Waals surface area contributed by atoms with E-state index in [1.807, 2.05) is 30.3 Å². The van der Waals surface area contributed by atoms with Crippen LogP contribution in [-0.2, 0) is 9.53 Å². The van der Waals surface area contributed by atoms with Gasteiger partial charge in [0.05, 0.1) is 17.7 Å². The number of Topliss-reactive ketones (excluding diaryl/α,β-unsaturated/α-hetero) is 1. The van der Waals surface area contributed by atoms with Gasteiger partial charge in [0.25, 0.3) is 0 Å². The summed E-state index contributed by atoms with van der Waals surface area (Å²) in [6.07, 6.45) is 1.65. The van der Waals surface area contributed by atoms with E-state index in [9.17, 15) is 9.59 Å². The standard InChI is InChI=1S/C24H14ClI2NO4/c25-17-9-5-4-8-16(17)23-28-20(24(30)32-23)12-14-10-18(26)22(19(27)11-14)31-13-21(29)15-6-2-1-3-7-15/h1-12H,13H2/b20-12-. The molecule has 160 valence electrons. The number of carbonyl (C=O) groups is 2. The molecular formula is C24H14ClI2NO4. The number of benzene rings is 3. The maximum Gasteiger partial charge on any atom is 0.363 e. The molecule has 0 radical (unpaired) electrons. The lowest BCUT2D eigenvalue weighted by atomic mass is 10.1. The molecule has 1 aliphatic heterocycles. The molecule has 4 rings (SSSR count). The lowest BCUT2D eigenvalue weighted by molar-refractivity contribution is -0.129. The molecule has 0 fully saturated rings. The minimum atomic E-state index is -0.543. The second-order valence-corrected chi connectivity index (χ2v) is 9.44. The summed E-state index contributed by atoms with van der Waals surface area (Å²) < 4.78 is 12.7. The molecule has 32 heavy (non-hydrogen) atoms. The third-order valence-electron chi connectivity index (χ3n) is 4.49. The van der Waals surface area contributed by atoms with Crippen molar-refractivity contribution in [2.75, 3.05) is 6.61 Å². The fraction of sp³-hybridized carbons (Fsp3) is 0.0417. The van der Waals surface area contributed by atoms with Crippen molar-refractivity contribution >= 4 is 80.5 Å². The Morgan fingerprint density at radius 1 is 1.03 bits per heavy atom. The van der Waals surface area contributed by atoms with Gasteiger partial charge in [-0.05, 0) is 81.1 Å². The second-order valence-electron chi connectivity index (χ2n) is 6.71. The molecular weight excluding hydrogens is 656 g/mol. The van der Waals surface area contributed by atoms with Crippen molar-refractivity contribution in [2.45, 2.75) is 0 Å². The molecule has 3 aromatic rings. The van der Waals surface area contributed by atoms with Crippen LogP contribution in [0.4, 0.5) is 0 Å². The Morgan fingerprint density at radius 2 is 1.69 bits per heavy atom. The van der Waals surface area contributed by atoms with Gasteiger partial charge in [-0.1, -0.05) is 54.1 Å². The highest BCUT2D eigenvalue weighted by molar-refractivity contribution is 14.1. The average molecular weight is 670 g/mol. The number of aliphatic imine (C=N–C) groups is 1. The van der Waals surface area contributed by atoms with E-state index in [0.717, 1.165) is 12.7 Å².